The highest BCUT2D eigenvalue weighted by molar-refractivity contribution is 8.01. The number of hydrazone groups is 1. The number of amides is 2. The lowest BCUT2D eigenvalue weighted by molar-refractivity contribution is -0.138. The van der Waals surface area contributed by atoms with E-state index in [0.717, 1.165) is 5.56 Å². The molecule has 23 heavy (non-hydrogen) atoms. The van der Waals surface area contributed by atoms with Gasteiger partial charge in [0.05, 0.1) is 17.9 Å². The van der Waals surface area contributed by atoms with Crippen molar-refractivity contribution in [1.29, 1.82) is 0 Å². The Morgan fingerprint density at radius 3 is 2.70 bits per heavy atom. The smallest absolute Gasteiger partial charge is 0.305 e. The minimum absolute atomic E-state index is 0.141. The van der Waals surface area contributed by atoms with E-state index in [1.54, 1.807) is 30.5 Å². The van der Waals surface area contributed by atoms with Crippen LogP contribution < -0.4 is 16.1 Å². The van der Waals surface area contributed by atoms with Gasteiger partial charge in [0.25, 0.3) is 0 Å². The summed E-state index contributed by atoms with van der Waals surface area (Å²) < 4.78 is 0. The molecule has 122 valence electrons. The number of hydrogen-bond donors (Lipinski definition) is 4. The van der Waals surface area contributed by atoms with Crippen LogP contribution in [-0.2, 0) is 14.4 Å². The number of aliphatic carboxylic acids is 1. The van der Waals surface area contributed by atoms with Crippen LogP contribution in [0.15, 0.2) is 29.4 Å². The number of rotatable bonds is 6. The Morgan fingerprint density at radius 2 is 2.09 bits per heavy atom. The van der Waals surface area contributed by atoms with Crippen LogP contribution in [0, 0.1) is 0 Å². The minimum Gasteiger partial charge on any atom is -0.481 e. The van der Waals surface area contributed by atoms with E-state index < -0.39 is 16.7 Å². The molecule has 0 bridgehead atoms. The van der Waals surface area contributed by atoms with E-state index in [0.29, 0.717) is 5.69 Å². The van der Waals surface area contributed by atoms with E-state index in [9.17, 15) is 14.4 Å². The van der Waals surface area contributed by atoms with Gasteiger partial charge in [-0.1, -0.05) is 12.1 Å². The lowest BCUT2D eigenvalue weighted by atomic mass is 10.2. The van der Waals surface area contributed by atoms with Gasteiger partial charge in [-0.05, 0) is 17.7 Å². The van der Waals surface area contributed by atoms with Gasteiger partial charge in [0.2, 0.25) is 11.8 Å². The average molecular weight is 336 g/mol. The Kier molecular flexibility index (Phi) is 5.58. The summed E-state index contributed by atoms with van der Waals surface area (Å²) in [5.41, 5.74) is 3.79. The van der Waals surface area contributed by atoms with Crippen molar-refractivity contribution in [3.63, 3.8) is 0 Å². The maximum absolute atomic E-state index is 11.6. The first-order valence-corrected chi connectivity index (χ1v) is 7.72. The van der Waals surface area contributed by atoms with Crippen LogP contribution in [0.5, 0.6) is 0 Å². The lowest BCUT2D eigenvalue weighted by Crippen LogP contribution is -2.35. The van der Waals surface area contributed by atoms with Crippen molar-refractivity contribution in [2.45, 2.75) is 24.1 Å². The number of anilines is 1. The van der Waals surface area contributed by atoms with E-state index in [2.05, 4.69) is 21.2 Å². The quantitative estimate of drug-likeness (QED) is 0.445. The molecular weight excluding hydrogens is 320 g/mol. The number of thioether (sulfide) groups is 1. The molecule has 2 unspecified atom stereocenters. The van der Waals surface area contributed by atoms with E-state index in [-0.39, 0.29) is 18.2 Å². The van der Waals surface area contributed by atoms with Gasteiger partial charge in [0.1, 0.15) is 0 Å². The predicted octanol–water partition coefficient (Wildman–Crippen LogP) is 0.558. The first-order chi connectivity index (χ1) is 10.9. The predicted molar refractivity (Wildman–Crippen MR) is 87.0 cm³/mol. The van der Waals surface area contributed by atoms with Gasteiger partial charge in [-0.25, -0.2) is 0 Å². The Morgan fingerprint density at radius 1 is 1.39 bits per heavy atom. The highest BCUT2D eigenvalue weighted by atomic mass is 32.2. The third-order valence-corrected chi connectivity index (χ3v) is 4.07. The third-order valence-electron chi connectivity index (χ3n) is 2.86. The van der Waals surface area contributed by atoms with Gasteiger partial charge < -0.3 is 15.7 Å². The van der Waals surface area contributed by atoms with Gasteiger partial charge >= 0.3 is 5.97 Å². The summed E-state index contributed by atoms with van der Waals surface area (Å²) in [6.45, 7) is 1.43. The number of benzene rings is 1. The molecule has 2 rings (SSSR count). The normalized spacial score (nSPS) is 20.3. The number of carboxylic acids is 1. The molecule has 1 aromatic rings. The molecule has 1 fully saturated rings. The molecule has 2 atom stereocenters. The second-order valence-corrected chi connectivity index (χ2v) is 6.11. The number of nitrogens with one attached hydrogen (secondary N) is 3. The molecule has 0 saturated carbocycles. The number of carbonyl (C=O) groups excluding carboxylic acids is 2. The van der Waals surface area contributed by atoms with Crippen LogP contribution in [0.4, 0.5) is 5.69 Å². The maximum atomic E-state index is 11.6. The molecule has 4 N–H and O–H groups in total. The van der Waals surface area contributed by atoms with E-state index >= 15 is 0 Å². The van der Waals surface area contributed by atoms with Gasteiger partial charge in [0, 0.05) is 12.6 Å². The van der Waals surface area contributed by atoms with Crippen molar-refractivity contribution in [1.82, 2.24) is 10.7 Å². The van der Waals surface area contributed by atoms with Crippen LogP contribution in [0.25, 0.3) is 0 Å². The number of carboxylic acid groups (broad SMARTS) is 1. The number of nitrogens with zero attached hydrogens (tertiary/aromatic N) is 1. The highest BCUT2D eigenvalue weighted by Gasteiger charge is 2.33. The molecule has 0 radical (unpaired) electrons. The molecule has 1 saturated heterocycles. The maximum Gasteiger partial charge on any atom is 0.305 e. The Balaban J connectivity index is 1.84. The van der Waals surface area contributed by atoms with Crippen molar-refractivity contribution in [3.8, 4) is 0 Å². The van der Waals surface area contributed by atoms with Gasteiger partial charge in [-0.2, -0.15) is 5.10 Å². The van der Waals surface area contributed by atoms with Crippen molar-refractivity contribution in [2.24, 2.45) is 5.10 Å². The van der Waals surface area contributed by atoms with Gasteiger partial charge in [-0.3, -0.25) is 19.8 Å². The summed E-state index contributed by atoms with van der Waals surface area (Å²) in [7, 11) is 0. The largest absolute Gasteiger partial charge is 0.481 e. The van der Waals surface area contributed by atoms with E-state index in [4.69, 9.17) is 5.11 Å². The van der Waals surface area contributed by atoms with Crippen molar-refractivity contribution in [3.05, 3.63) is 29.8 Å². The Bertz CT molecular complexity index is 632. The lowest BCUT2D eigenvalue weighted by Gasteiger charge is -2.08. The van der Waals surface area contributed by atoms with Crippen molar-refractivity contribution in [2.75, 3.05) is 5.32 Å². The zero-order valence-electron chi connectivity index (χ0n) is 12.3. The standard InChI is InChI=1S/C14H16N4O4S/c1-8(19)16-10-4-2-9(3-5-10)7-15-18-14-17-13(22)11(23-14)6-12(20)21/h2-5,7,11,14,18H,6H2,1H3,(H,16,19)(H,17,22)(H,20,21)/b15-7+. The summed E-state index contributed by atoms with van der Waals surface area (Å²) in [4.78, 5) is 33.1. The molecule has 1 aliphatic heterocycles. The molecule has 0 spiro atoms. The number of hydrogen-bond acceptors (Lipinski definition) is 6. The van der Waals surface area contributed by atoms with Crippen molar-refractivity contribution < 1.29 is 19.5 Å². The van der Waals surface area contributed by atoms with Crippen molar-refractivity contribution >= 4 is 41.4 Å². The summed E-state index contributed by atoms with van der Waals surface area (Å²) in [5.74, 6) is -1.47. The fraction of sp³-hybridized carbons (Fsp3) is 0.286. The van der Waals surface area contributed by atoms with E-state index in [1.807, 2.05) is 0 Å². The monoisotopic (exact) mass is 336 g/mol. The molecule has 1 aliphatic rings. The molecule has 1 aromatic carbocycles. The molecule has 0 aliphatic carbocycles. The van der Waals surface area contributed by atoms with Crippen LogP contribution in [-0.4, -0.2) is 39.9 Å². The molecule has 0 aromatic heterocycles. The summed E-state index contributed by atoms with van der Waals surface area (Å²) in [5, 5.41) is 17.4. The van der Waals surface area contributed by atoms with Gasteiger partial charge in [-0.15, -0.1) is 11.8 Å². The summed E-state index contributed by atoms with van der Waals surface area (Å²) >= 11 is 1.18. The zero-order chi connectivity index (χ0) is 16.8. The van der Waals surface area contributed by atoms with Gasteiger partial charge in [0.15, 0.2) is 5.50 Å². The minimum atomic E-state index is -1.01. The number of carbonyl (C=O) groups is 3. The summed E-state index contributed by atoms with van der Waals surface area (Å²) in [6.07, 6.45) is 1.35. The molecule has 8 nitrogen and oxygen atoms in total. The first-order valence-electron chi connectivity index (χ1n) is 6.78. The van der Waals surface area contributed by atoms with Crippen LogP contribution in [0.1, 0.15) is 18.9 Å². The molecule has 1 heterocycles. The fourth-order valence-electron chi connectivity index (χ4n) is 1.88. The zero-order valence-corrected chi connectivity index (χ0v) is 13.1. The SMILES string of the molecule is CC(=O)Nc1ccc(/C=N/NC2NC(=O)C(CC(=O)O)S2)cc1. The van der Waals surface area contributed by atoms with Crippen LogP contribution >= 0.6 is 11.8 Å². The second-order valence-electron chi connectivity index (χ2n) is 4.80. The van der Waals surface area contributed by atoms with E-state index in [1.165, 1.54) is 18.7 Å². The van der Waals surface area contributed by atoms with Crippen LogP contribution in [0.3, 0.4) is 0 Å². The Hall–Kier alpha value is -2.55. The molecule has 2 amide bonds. The topological polar surface area (TPSA) is 120 Å². The molecular formula is C14H16N4O4S. The average Bonchev–Trinajstić information content (AvgIpc) is 2.80. The second kappa shape index (κ2) is 7.63. The van der Waals surface area contributed by atoms with Crippen LogP contribution in [0.2, 0.25) is 0 Å². The third kappa shape index (κ3) is 5.29. The highest BCUT2D eigenvalue weighted by Crippen LogP contribution is 2.24. The first kappa shape index (κ1) is 16.8. The Labute approximate surface area is 136 Å². The summed E-state index contributed by atoms with van der Waals surface area (Å²) in [6, 6.07) is 7.06. The molecule has 9 heteroatoms. The fourth-order valence-corrected chi connectivity index (χ4v) is 2.94.